The Labute approximate surface area is 102 Å². The van der Waals surface area contributed by atoms with Gasteiger partial charge in [0.2, 0.25) is 0 Å². The smallest absolute Gasteiger partial charge is 0.276 e. The average molecular weight is 258 g/mol. The predicted molar refractivity (Wildman–Crippen MR) is 67.3 cm³/mol. The van der Waals surface area contributed by atoms with E-state index < -0.39 is 10.2 Å². The van der Waals surface area contributed by atoms with Gasteiger partial charge in [-0.15, -0.1) is 0 Å². The van der Waals surface area contributed by atoms with Crippen molar-refractivity contribution in [3.63, 3.8) is 0 Å². The molecule has 0 amide bonds. The van der Waals surface area contributed by atoms with E-state index in [1.807, 2.05) is 24.3 Å². The Kier molecular flexibility index (Phi) is 5.40. The highest BCUT2D eigenvalue weighted by molar-refractivity contribution is 7.87. The van der Waals surface area contributed by atoms with E-state index in [2.05, 4.69) is 9.44 Å². The summed E-state index contributed by atoms with van der Waals surface area (Å²) in [7, 11) is -1.74. The first-order chi connectivity index (χ1) is 8.07. The normalized spacial score (nSPS) is 11.4. The Balaban J connectivity index is 2.45. The van der Waals surface area contributed by atoms with Gasteiger partial charge in [-0.1, -0.05) is 19.1 Å². The maximum Gasteiger partial charge on any atom is 0.276 e. The molecule has 0 bridgehead atoms. The maximum absolute atomic E-state index is 11.3. The van der Waals surface area contributed by atoms with E-state index in [9.17, 15) is 8.42 Å². The van der Waals surface area contributed by atoms with E-state index in [0.29, 0.717) is 19.5 Å². The summed E-state index contributed by atoms with van der Waals surface area (Å²) in [4.78, 5) is 0. The average Bonchev–Trinajstić information content (AvgIpc) is 2.29. The Hall–Kier alpha value is -1.11. The van der Waals surface area contributed by atoms with Crippen LogP contribution in [0.5, 0.6) is 5.75 Å². The maximum atomic E-state index is 11.3. The highest BCUT2D eigenvalue weighted by Gasteiger charge is 2.06. The Morgan fingerprint density at radius 3 is 2.71 bits per heavy atom. The summed E-state index contributed by atoms with van der Waals surface area (Å²) in [6.07, 6.45) is 0.627. The van der Waals surface area contributed by atoms with Crippen LogP contribution in [0, 0.1) is 0 Å². The number of methoxy groups -OCH3 is 1. The zero-order chi connectivity index (χ0) is 12.7. The number of nitrogens with one attached hydrogen (secondary N) is 2. The second-order valence-electron chi connectivity index (χ2n) is 3.50. The van der Waals surface area contributed by atoms with Crippen LogP contribution in [0.3, 0.4) is 0 Å². The Morgan fingerprint density at radius 1 is 1.29 bits per heavy atom. The van der Waals surface area contributed by atoms with E-state index in [4.69, 9.17) is 4.74 Å². The molecule has 0 saturated heterocycles. The van der Waals surface area contributed by atoms with Crippen molar-refractivity contribution in [2.45, 2.75) is 13.3 Å². The minimum absolute atomic E-state index is 0.364. The summed E-state index contributed by atoms with van der Waals surface area (Å²) in [6.45, 7) is 2.48. The van der Waals surface area contributed by atoms with Crippen LogP contribution >= 0.6 is 0 Å². The standard InChI is InChI=1S/C11H18N2O3S/c1-3-12-17(14,15)13-8-7-10-5-4-6-11(9-10)16-2/h4-6,9,12-13H,3,7-8H2,1-2H3. The largest absolute Gasteiger partial charge is 0.497 e. The van der Waals surface area contributed by atoms with Crippen molar-refractivity contribution >= 4 is 10.2 Å². The van der Waals surface area contributed by atoms with Crippen LogP contribution in [0.2, 0.25) is 0 Å². The third kappa shape index (κ3) is 5.16. The van der Waals surface area contributed by atoms with E-state index in [-0.39, 0.29) is 0 Å². The van der Waals surface area contributed by atoms with Gasteiger partial charge >= 0.3 is 0 Å². The summed E-state index contributed by atoms with van der Waals surface area (Å²) in [5, 5.41) is 0. The van der Waals surface area contributed by atoms with E-state index in [0.717, 1.165) is 11.3 Å². The number of hydrogen-bond acceptors (Lipinski definition) is 3. The zero-order valence-electron chi connectivity index (χ0n) is 10.1. The minimum atomic E-state index is -3.35. The molecule has 0 saturated carbocycles. The van der Waals surface area contributed by atoms with Gasteiger partial charge in [-0.3, -0.25) is 0 Å². The molecular formula is C11H18N2O3S. The monoisotopic (exact) mass is 258 g/mol. The number of hydrogen-bond donors (Lipinski definition) is 2. The lowest BCUT2D eigenvalue weighted by Crippen LogP contribution is -2.37. The first-order valence-electron chi connectivity index (χ1n) is 5.44. The first-order valence-corrected chi connectivity index (χ1v) is 6.93. The van der Waals surface area contributed by atoms with Crippen molar-refractivity contribution in [1.29, 1.82) is 0 Å². The van der Waals surface area contributed by atoms with Gasteiger partial charge in [0.25, 0.3) is 10.2 Å². The lowest BCUT2D eigenvalue weighted by Gasteiger charge is -2.07. The Bertz CT molecular complexity index is 446. The van der Waals surface area contributed by atoms with Gasteiger partial charge in [0.1, 0.15) is 5.75 Å². The van der Waals surface area contributed by atoms with Gasteiger partial charge in [-0.25, -0.2) is 9.44 Å². The van der Waals surface area contributed by atoms with Gasteiger partial charge in [0.05, 0.1) is 7.11 Å². The molecule has 0 heterocycles. The minimum Gasteiger partial charge on any atom is -0.497 e. The second-order valence-corrected chi connectivity index (χ2v) is 5.08. The number of rotatable bonds is 7. The molecule has 0 aromatic heterocycles. The van der Waals surface area contributed by atoms with Crippen LogP contribution in [0.15, 0.2) is 24.3 Å². The second kappa shape index (κ2) is 6.58. The number of ether oxygens (including phenoxy) is 1. The fourth-order valence-corrected chi connectivity index (χ4v) is 2.25. The van der Waals surface area contributed by atoms with Crippen LogP contribution in [-0.2, 0) is 16.6 Å². The number of benzene rings is 1. The molecular weight excluding hydrogens is 240 g/mol. The summed E-state index contributed by atoms with van der Waals surface area (Å²) < 4.78 is 32.5. The van der Waals surface area contributed by atoms with Crippen molar-refractivity contribution < 1.29 is 13.2 Å². The molecule has 1 aromatic rings. The fraction of sp³-hybridized carbons (Fsp3) is 0.455. The first kappa shape index (κ1) is 14.0. The van der Waals surface area contributed by atoms with E-state index in [1.54, 1.807) is 14.0 Å². The molecule has 1 rings (SSSR count). The van der Waals surface area contributed by atoms with E-state index in [1.165, 1.54) is 0 Å². The summed E-state index contributed by atoms with van der Waals surface area (Å²) >= 11 is 0. The summed E-state index contributed by atoms with van der Waals surface area (Å²) in [6, 6.07) is 7.56. The van der Waals surface area contributed by atoms with Crippen molar-refractivity contribution in [3.05, 3.63) is 29.8 Å². The molecule has 0 spiro atoms. The highest BCUT2D eigenvalue weighted by atomic mass is 32.2. The zero-order valence-corrected chi connectivity index (χ0v) is 10.9. The van der Waals surface area contributed by atoms with Crippen LogP contribution in [0.1, 0.15) is 12.5 Å². The summed E-state index contributed by atoms with van der Waals surface area (Å²) in [5.74, 6) is 0.775. The van der Waals surface area contributed by atoms with Crippen molar-refractivity contribution in [2.75, 3.05) is 20.2 Å². The van der Waals surface area contributed by atoms with E-state index >= 15 is 0 Å². The SMILES string of the molecule is CCNS(=O)(=O)NCCc1cccc(OC)c1. The van der Waals surface area contributed by atoms with Crippen molar-refractivity contribution in [2.24, 2.45) is 0 Å². The molecule has 0 aliphatic carbocycles. The van der Waals surface area contributed by atoms with Gasteiger partial charge in [0.15, 0.2) is 0 Å². The molecule has 0 unspecified atom stereocenters. The summed E-state index contributed by atoms with van der Waals surface area (Å²) in [5.41, 5.74) is 1.03. The van der Waals surface area contributed by atoms with Gasteiger partial charge in [-0.2, -0.15) is 8.42 Å². The predicted octanol–water partition coefficient (Wildman–Crippen LogP) is 0.682. The van der Waals surface area contributed by atoms with Crippen molar-refractivity contribution in [1.82, 2.24) is 9.44 Å². The van der Waals surface area contributed by atoms with Crippen LogP contribution in [0.25, 0.3) is 0 Å². The molecule has 6 heteroatoms. The van der Waals surface area contributed by atoms with Crippen LogP contribution in [-0.4, -0.2) is 28.6 Å². The lowest BCUT2D eigenvalue weighted by atomic mass is 10.1. The van der Waals surface area contributed by atoms with Gasteiger partial charge in [0, 0.05) is 13.1 Å². The topological polar surface area (TPSA) is 67.4 Å². The molecule has 17 heavy (non-hydrogen) atoms. The quantitative estimate of drug-likeness (QED) is 0.756. The molecule has 0 aliphatic rings. The van der Waals surface area contributed by atoms with Crippen molar-refractivity contribution in [3.8, 4) is 5.75 Å². The van der Waals surface area contributed by atoms with Crippen LogP contribution < -0.4 is 14.2 Å². The molecule has 1 aromatic carbocycles. The Morgan fingerprint density at radius 2 is 2.06 bits per heavy atom. The molecule has 0 fully saturated rings. The van der Waals surface area contributed by atoms with Crippen LogP contribution in [0.4, 0.5) is 0 Å². The fourth-order valence-electron chi connectivity index (χ4n) is 1.40. The molecule has 96 valence electrons. The molecule has 0 radical (unpaired) electrons. The molecule has 5 nitrogen and oxygen atoms in total. The van der Waals surface area contributed by atoms with Gasteiger partial charge < -0.3 is 4.74 Å². The highest BCUT2D eigenvalue weighted by Crippen LogP contribution is 2.12. The third-order valence-electron chi connectivity index (χ3n) is 2.17. The van der Waals surface area contributed by atoms with Gasteiger partial charge in [-0.05, 0) is 24.1 Å². The molecule has 2 N–H and O–H groups in total. The molecule has 0 aliphatic heterocycles. The third-order valence-corrected chi connectivity index (χ3v) is 3.43. The molecule has 0 atom stereocenters. The lowest BCUT2D eigenvalue weighted by molar-refractivity contribution is 0.414.